The lowest BCUT2D eigenvalue weighted by atomic mass is 9.74. The number of hydrogen-bond acceptors (Lipinski definition) is 2. The van der Waals surface area contributed by atoms with E-state index in [-0.39, 0.29) is 0 Å². The molecule has 1 aromatic carbocycles. The molecule has 1 heterocycles. The van der Waals surface area contributed by atoms with Crippen molar-refractivity contribution in [3.05, 3.63) is 35.9 Å². The van der Waals surface area contributed by atoms with Gasteiger partial charge in [0.2, 0.25) is 0 Å². The lowest BCUT2D eigenvalue weighted by Crippen LogP contribution is -2.55. The van der Waals surface area contributed by atoms with E-state index in [9.17, 15) is 0 Å². The van der Waals surface area contributed by atoms with Crippen LogP contribution in [0.15, 0.2) is 30.3 Å². The Morgan fingerprint density at radius 2 is 1.76 bits per heavy atom. The minimum absolute atomic E-state index is 0.550. The van der Waals surface area contributed by atoms with Crippen LogP contribution in [0.4, 0.5) is 0 Å². The fraction of sp³-hybridized carbons (Fsp3) is 0.684. The maximum absolute atomic E-state index is 3.67. The Balaban J connectivity index is 1.76. The fourth-order valence-corrected chi connectivity index (χ4v) is 4.04. The van der Waals surface area contributed by atoms with Crippen LogP contribution in [0.25, 0.3) is 0 Å². The molecule has 1 saturated heterocycles. The minimum Gasteiger partial charge on any atom is -0.311 e. The molecule has 2 aliphatic rings. The van der Waals surface area contributed by atoms with Gasteiger partial charge in [0, 0.05) is 31.2 Å². The summed E-state index contributed by atoms with van der Waals surface area (Å²) in [4.78, 5) is 2.80. The Kier molecular flexibility index (Phi) is 4.37. The van der Waals surface area contributed by atoms with E-state index in [1.165, 1.54) is 37.8 Å². The van der Waals surface area contributed by atoms with E-state index < -0.39 is 0 Å². The van der Waals surface area contributed by atoms with E-state index in [4.69, 9.17) is 0 Å². The molecule has 0 spiro atoms. The lowest BCUT2D eigenvalue weighted by Gasteiger charge is -2.47. The standard InChI is InChI=1S/C19H30N2/c1-15-14-21(17-9-11-19(2,3)12-10-17)18(13-20-15)16-7-5-4-6-8-16/h4-8,15,17-18,20H,9-14H2,1-3H3. The highest BCUT2D eigenvalue weighted by Crippen LogP contribution is 2.39. The summed E-state index contributed by atoms with van der Waals surface area (Å²) in [6.07, 6.45) is 5.47. The molecule has 2 unspecified atom stereocenters. The van der Waals surface area contributed by atoms with Gasteiger partial charge in [-0.3, -0.25) is 4.90 Å². The predicted octanol–water partition coefficient (Wildman–Crippen LogP) is 3.99. The molecule has 1 N–H and O–H groups in total. The molecule has 1 aliphatic heterocycles. The first-order chi connectivity index (χ1) is 10.1. The first kappa shape index (κ1) is 15.1. The molecule has 2 atom stereocenters. The third-order valence-electron chi connectivity index (χ3n) is 5.51. The summed E-state index contributed by atoms with van der Waals surface area (Å²) in [7, 11) is 0. The van der Waals surface area contributed by atoms with Crippen molar-refractivity contribution in [2.45, 2.75) is 64.6 Å². The summed E-state index contributed by atoms with van der Waals surface area (Å²) in [6, 6.07) is 13.0. The number of piperazine rings is 1. The van der Waals surface area contributed by atoms with Crippen LogP contribution in [0.1, 0.15) is 58.1 Å². The maximum Gasteiger partial charge on any atom is 0.0476 e. The highest BCUT2D eigenvalue weighted by atomic mass is 15.3. The van der Waals surface area contributed by atoms with E-state index in [0.29, 0.717) is 17.5 Å². The monoisotopic (exact) mass is 286 g/mol. The zero-order valence-corrected chi connectivity index (χ0v) is 13.8. The summed E-state index contributed by atoms with van der Waals surface area (Å²) in [5, 5.41) is 3.67. The molecule has 2 nitrogen and oxygen atoms in total. The number of hydrogen-bond donors (Lipinski definition) is 1. The van der Waals surface area contributed by atoms with Crippen molar-refractivity contribution in [2.75, 3.05) is 13.1 Å². The van der Waals surface area contributed by atoms with Crippen molar-refractivity contribution < 1.29 is 0 Å². The van der Waals surface area contributed by atoms with Crippen molar-refractivity contribution in [1.82, 2.24) is 10.2 Å². The van der Waals surface area contributed by atoms with Gasteiger partial charge >= 0.3 is 0 Å². The fourth-order valence-electron chi connectivity index (χ4n) is 4.04. The van der Waals surface area contributed by atoms with Crippen LogP contribution in [0.5, 0.6) is 0 Å². The van der Waals surface area contributed by atoms with E-state index in [1.54, 1.807) is 0 Å². The van der Waals surface area contributed by atoms with Crippen LogP contribution in [0.3, 0.4) is 0 Å². The average Bonchev–Trinajstić information content (AvgIpc) is 2.48. The van der Waals surface area contributed by atoms with Gasteiger partial charge in [0.15, 0.2) is 0 Å². The van der Waals surface area contributed by atoms with Crippen LogP contribution in [-0.2, 0) is 0 Å². The van der Waals surface area contributed by atoms with Crippen molar-refractivity contribution >= 4 is 0 Å². The van der Waals surface area contributed by atoms with Gasteiger partial charge in [-0.25, -0.2) is 0 Å². The molecule has 3 rings (SSSR count). The zero-order valence-electron chi connectivity index (χ0n) is 13.8. The van der Waals surface area contributed by atoms with Crippen LogP contribution in [0, 0.1) is 5.41 Å². The number of nitrogens with one attached hydrogen (secondary N) is 1. The normalized spacial score (nSPS) is 31.2. The quantitative estimate of drug-likeness (QED) is 0.884. The largest absolute Gasteiger partial charge is 0.311 e. The first-order valence-electron chi connectivity index (χ1n) is 8.59. The molecule has 0 radical (unpaired) electrons. The van der Waals surface area contributed by atoms with Gasteiger partial charge in [-0.15, -0.1) is 0 Å². The van der Waals surface area contributed by atoms with Crippen molar-refractivity contribution in [2.24, 2.45) is 5.41 Å². The molecular weight excluding hydrogens is 256 g/mol. The van der Waals surface area contributed by atoms with E-state index in [1.807, 2.05) is 0 Å². The summed E-state index contributed by atoms with van der Waals surface area (Å²) < 4.78 is 0. The van der Waals surface area contributed by atoms with E-state index >= 15 is 0 Å². The molecule has 0 aromatic heterocycles. The van der Waals surface area contributed by atoms with Gasteiger partial charge in [-0.1, -0.05) is 44.2 Å². The predicted molar refractivity (Wildman–Crippen MR) is 89.4 cm³/mol. The lowest BCUT2D eigenvalue weighted by molar-refractivity contribution is 0.0419. The summed E-state index contributed by atoms with van der Waals surface area (Å²) in [5.74, 6) is 0. The third-order valence-corrected chi connectivity index (χ3v) is 5.51. The van der Waals surface area contributed by atoms with Gasteiger partial charge in [-0.2, -0.15) is 0 Å². The van der Waals surface area contributed by atoms with Crippen LogP contribution < -0.4 is 5.32 Å². The molecule has 2 fully saturated rings. The van der Waals surface area contributed by atoms with Crippen molar-refractivity contribution in [1.29, 1.82) is 0 Å². The van der Waals surface area contributed by atoms with Gasteiger partial charge in [-0.05, 0) is 43.6 Å². The Morgan fingerprint density at radius 3 is 2.43 bits per heavy atom. The highest BCUT2D eigenvalue weighted by Gasteiger charge is 2.36. The third kappa shape index (κ3) is 3.49. The average molecular weight is 286 g/mol. The summed E-state index contributed by atoms with van der Waals surface area (Å²) in [5.41, 5.74) is 2.03. The van der Waals surface area contributed by atoms with E-state index in [2.05, 4.69) is 61.3 Å². The maximum atomic E-state index is 3.67. The van der Waals surface area contributed by atoms with Crippen molar-refractivity contribution in [3.8, 4) is 0 Å². The molecule has 21 heavy (non-hydrogen) atoms. The number of rotatable bonds is 2. The van der Waals surface area contributed by atoms with Gasteiger partial charge < -0.3 is 5.32 Å². The van der Waals surface area contributed by atoms with Gasteiger partial charge in [0.05, 0.1) is 0 Å². The smallest absolute Gasteiger partial charge is 0.0476 e. The molecule has 0 amide bonds. The summed E-state index contributed by atoms with van der Waals surface area (Å²) >= 11 is 0. The van der Waals surface area contributed by atoms with E-state index in [0.717, 1.165) is 12.6 Å². The molecule has 1 saturated carbocycles. The van der Waals surface area contributed by atoms with Gasteiger partial charge in [0.25, 0.3) is 0 Å². The van der Waals surface area contributed by atoms with Crippen molar-refractivity contribution in [3.63, 3.8) is 0 Å². The highest BCUT2D eigenvalue weighted by molar-refractivity contribution is 5.20. The number of nitrogens with zero attached hydrogens (tertiary/aromatic N) is 1. The first-order valence-corrected chi connectivity index (χ1v) is 8.59. The second kappa shape index (κ2) is 6.10. The van der Waals surface area contributed by atoms with Crippen LogP contribution >= 0.6 is 0 Å². The van der Waals surface area contributed by atoms with Gasteiger partial charge in [0.1, 0.15) is 0 Å². The minimum atomic E-state index is 0.550. The summed E-state index contributed by atoms with van der Waals surface area (Å²) in [6.45, 7) is 9.45. The molecule has 1 aromatic rings. The molecule has 1 aliphatic carbocycles. The molecule has 116 valence electrons. The van der Waals surface area contributed by atoms with Crippen LogP contribution in [-0.4, -0.2) is 30.1 Å². The molecular formula is C19H30N2. The second-order valence-electron chi connectivity index (χ2n) is 7.83. The number of benzene rings is 1. The zero-order chi connectivity index (χ0) is 14.9. The Morgan fingerprint density at radius 1 is 1.10 bits per heavy atom. The molecule has 0 bridgehead atoms. The Bertz CT molecular complexity index is 444. The SMILES string of the molecule is CC1CN(C2CCC(C)(C)CC2)C(c2ccccc2)CN1. The second-order valence-corrected chi connectivity index (χ2v) is 7.83. The Labute approximate surface area is 129 Å². The Hall–Kier alpha value is -0.860. The topological polar surface area (TPSA) is 15.3 Å². The van der Waals surface area contributed by atoms with Crippen LogP contribution in [0.2, 0.25) is 0 Å². The molecule has 2 heteroatoms.